The Labute approximate surface area is 138 Å². The molecule has 5 nitrogen and oxygen atoms in total. The van der Waals surface area contributed by atoms with Gasteiger partial charge in [-0.1, -0.05) is 13.8 Å². The molecule has 1 aromatic rings. The summed E-state index contributed by atoms with van der Waals surface area (Å²) < 4.78 is 11.1. The van der Waals surface area contributed by atoms with Crippen LogP contribution in [-0.2, 0) is 0 Å². The largest absolute Gasteiger partial charge is 0.493 e. The van der Waals surface area contributed by atoms with E-state index in [4.69, 9.17) is 21.7 Å². The van der Waals surface area contributed by atoms with Crippen molar-refractivity contribution in [2.24, 2.45) is 11.0 Å². The van der Waals surface area contributed by atoms with Gasteiger partial charge in [0.05, 0.1) is 19.9 Å². The third-order valence-electron chi connectivity index (χ3n) is 2.86. The predicted octanol–water partition coefficient (Wildman–Crippen LogP) is 2.94. The Bertz CT molecular complexity index is 504. The van der Waals surface area contributed by atoms with Gasteiger partial charge in [0.25, 0.3) is 0 Å². The molecule has 0 unspecified atom stereocenters. The summed E-state index contributed by atoms with van der Waals surface area (Å²) in [6.07, 6.45) is 2.70. The minimum absolute atomic E-state index is 0.499. The highest BCUT2D eigenvalue weighted by Gasteiger charge is 2.05. The van der Waals surface area contributed by atoms with Gasteiger partial charge in [0.1, 0.15) is 0 Å². The summed E-state index contributed by atoms with van der Waals surface area (Å²) in [5.74, 6) is 2.06. The van der Waals surface area contributed by atoms with E-state index in [1.54, 1.807) is 13.3 Å². The molecule has 0 spiro atoms. The lowest BCUT2D eigenvalue weighted by atomic mass is 10.1. The van der Waals surface area contributed by atoms with Gasteiger partial charge in [-0.3, -0.25) is 5.43 Å². The molecule has 0 atom stereocenters. The average molecular weight is 323 g/mol. The molecule has 0 aromatic heterocycles. The summed E-state index contributed by atoms with van der Waals surface area (Å²) >= 11 is 5.03. The molecular weight excluding hydrogens is 298 g/mol. The third-order valence-corrected chi connectivity index (χ3v) is 3.09. The molecule has 0 amide bonds. The zero-order valence-corrected chi connectivity index (χ0v) is 14.5. The van der Waals surface area contributed by atoms with Crippen LogP contribution in [0, 0.1) is 5.92 Å². The van der Waals surface area contributed by atoms with Crippen LogP contribution < -0.4 is 20.2 Å². The molecule has 0 heterocycles. The monoisotopic (exact) mass is 323 g/mol. The van der Waals surface area contributed by atoms with Crippen LogP contribution in [0.15, 0.2) is 23.3 Å². The number of thiocarbonyl (C=S) groups is 1. The zero-order valence-electron chi connectivity index (χ0n) is 13.7. The number of nitrogens with one attached hydrogen (secondary N) is 2. The zero-order chi connectivity index (χ0) is 16.4. The Balaban J connectivity index is 2.63. The molecule has 6 heteroatoms. The average Bonchev–Trinajstić information content (AvgIpc) is 2.48. The van der Waals surface area contributed by atoms with Gasteiger partial charge < -0.3 is 14.8 Å². The molecule has 0 aliphatic heterocycles. The maximum Gasteiger partial charge on any atom is 0.186 e. The second kappa shape index (κ2) is 10.00. The van der Waals surface area contributed by atoms with E-state index in [2.05, 4.69) is 29.7 Å². The molecule has 0 saturated carbocycles. The smallest absolute Gasteiger partial charge is 0.186 e. The molecule has 122 valence electrons. The molecule has 0 fully saturated rings. The van der Waals surface area contributed by atoms with Crippen LogP contribution in [0.25, 0.3) is 0 Å². The van der Waals surface area contributed by atoms with E-state index in [1.807, 2.05) is 25.1 Å². The van der Waals surface area contributed by atoms with Crippen LogP contribution in [0.4, 0.5) is 0 Å². The Hall–Kier alpha value is -1.82. The Morgan fingerprint density at radius 2 is 2.14 bits per heavy atom. The van der Waals surface area contributed by atoms with Gasteiger partial charge in [0, 0.05) is 6.54 Å². The van der Waals surface area contributed by atoms with Crippen molar-refractivity contribution >= 4 is 23.5 Å². The first-order chi connectivity index (χ1) is 10.6. The number of hydrogen-bond donors (Lipinski definition) is 2. The lowest BCUT2D eigenvalue weighted by molar-refractivity contribution is 0.273. The van der Waals surface area contributed by atoms with E-state index < -0.39 is 0 Å². The van der Waals surface area contributed by atoms with Crippen molar-refractivity contribution in [3.63, 3.8) is 0 Å². The Morgan fingerprint density at radius 3 is 2.77 bits per heavy atom. The lowest BCUT2D eigenvalue weighted by Gasteiger charge is -2.12. The van der Waals surface area contributed by atoms with Crippen LogP contribution >= 0.6 is 12.2 Å². The molecule has 0 aliphatic carbocycles. The number of rotatable bonds is 8. The van der Waals surface area contributed by atoms with Gasteiger partial charge >= 0.3 is 0 Å². The van der Waals surface area contributed by atoms with E-state index in [9.17, 15) is 0 Å². The number of benzene rings is 1. The maximum atomic E-state index is 5.75. The molecule has 0 bridgehead atoms. The number of hydrogen-bond acceptors (Lipinski definition) is 4. The highest BCUT2D eigenvalue weighted by Crippen LogP contribution is 2.27. The van der Waals surface area contributed by atoms with Gasteiger partial charge in [-0.25, -0.2) is 0 Å². The lowest BCUT2D eigenvalue weighted by Crippen LogP contribution is -2.31. The highest BCUT2D eigenvalue weighted by molar-refractivity contribution is 7.80. The molecule has 1 aromatic carbocycles. The van der Waals surface area contributed by atoms with E-state index in [0.717, 1.165) is 24.3 Å². The standard InChI is InChI=1S/C16H25N3O2S/c1-5-17-16(22)19-18-11-13-6-7-14(15(10-13)20-4)21-9-8-12(2)3/h6-7,10-12H,5,8-9H2,1-4H3,(H2,17,19,22)/b18-11-. The van der Waals surface area contributed by atoms with Crippen molar-refractivity contribution in [2.45, 2.75) is 27.2 Å². The fraction of sp³-hybridized carbons (Fsp3) is 0.500. The molecule has 0 saturated heterocycles. The van der Waals surface area contributed by atoms with E-state index in [-0.39, 0.29) is 0 Å². The summed E-state index contributed by atoms with van der Waals surface area (Å²) in [4.78, 5) is 0. The molecule has 2 N–H and O–H groups in total. The first-order valence-corrected chi connectivity index (χ1v) is 7.85. The first-order valence-electron chi connectivity index (χ1n) is 7.44. The normalized spacial score (nSPS) is 10.8. The van der Waals surface area contributed by atoms with Crippen LogP contribution in [0.1, 0.15) is 32.8 Å². The molecule has 0 radical (unpaired) electrons. The number of methoxy groups -OCH3 is 1. The van der Waals surface area contributed by atoms with Crippen LogP contribution in [0.5, 0.6) is 11.5 Å². The fourth-order valence-electron chi connectivity index (χ4n) is 1.65. The molecule has 1 rings (SSSR count). The van der Waals surface area contributed by atoms with Crippen LogP contribution in [-0.4, -0.2) is 31.6 Å². The van der Waals surface area contributed by atoms with E-state index >= 15 is 0 Å². The summed E-state index contributed by atoms with van der Waals surface area (Å²) in [6, 6.07) is 5.70. The fourth-order valence-corrected chi connectivity index (χ4v) is 1.85. The molecule has 0 aliphatic rings. The topological polar surface area (TPSA) is 54.9 Å². The highest BCUT2D eigenvalue weighted by atomic mass is 32.1. The van der Waals surface area contributed by atoms with Crippen molar-refractivity contribution in [2.75, 3.05) is 20.3 Å². The minimum atomic E-state index is 0.499. The first kappa shape index (κ1) is 18.2. The third kappa shape index (κ3) is 6.76. The van der Waals surface area contributed by atoms with Gasteiger partial charge in [-0.2, -0.15) is 5.10 Å². The summed E-state index contributed by atoms with van der Waals surface area (Å²) in [6.45, 7) is 7.76. The number of nitrogens with zero attached hydrogens (tertiary/aromatic N) is 1. The van der Waals surface area contributed by atoms with E-state index in [0.29, 0.717) is 23.4 Å². The SMILES string of the molecule is CCNC(=S)N/N=C\c1ccc(OCCC(C)C)c(OC)c1. The summed E-state index contributed by atoms with van der Waals surface area (Å²) in [7, 11) is 1.63. The Morgan fingerprint density at radius 1 is 1.36 bits per heavy atom. The number of ether oxygens (including phenoxy) is 2. The van der Waals surface area contributed by atoms with Crippen LogP contribution in [0.3, 0.4) is 0 Å². The molecular formula is C16H25N3O2S. The minimum Gasteiger partial charge on any atom is -0.493 e. The van der Waals surface area contributed by atoms with Crippen molar-refractivity contribution in [3.8, 4) is 11.5 Å². The number of hydrazone groups is 1. The second-order valence-electron chi connectivity index (χ2n) is 5.17. The van der Waals surface area contributed by atoms with Gasteiger partial charge in [-0.05, 0) is 55.2 Å². The second-order valence-corrected chi connectivity index (χ2v) is 5.58. The van der Waals surface area contributed by atoms with Gasteiger partial charge in [0.15, 0.2) is 16.6 Å². The Kier molecular flexibility index (Phi) is 8.28. The van der Waals surface area contributed by atoms with Crippen molar-refractivity contribution in [1.29, 1.82) is 0 Å². The maximum absolute atomic E-state index is 5.75. The summed E-state index contributed by atoms with van der Waals surface area (Å²) in [5.41, 5.74) is 3.65. The van der Waals surface area contributed by atoms with E-state index in [1.165, 1.54) is 0 Å². The predicted molar refractivity (Wildman–Crippen MR) is 94.9 cm³/mol. The molecule has 22 heavy (non-hydrogen) atoms. The van der Waals surface area contributed by atoms with Crippen molar-refractivity contribution < 1.29 is 9.47 Å². The van der Waals surface area contributed by atoms with Crippen LogP contribution in [0.2, 0.25) is 0 Å². The van der Waals surface area contributed by atoms with Crippen molar-refractivity contribution in [3.05, 3.63) is 23.8 Å². The van der Waals surface area contributed by atoms with Crippen molar-refractivity contribution in [1.82, 2.24) is 10.7 Å². The van der Waals surface area contributed by atoms with Gasteiger partial charge in [0.2, 0.25) is 0 Å². The van der Waals surface area contributed by atoms with Gasteiger partial charge in [-0.15, -0.1) is 0 Å². The summed E-state index contributed by atoms with van der Waals surface area (Å²) in [5, 5.41) is 7.53. The quantitative estimate of drug-likeness (QED) is 0.438.